The molecule has 1 fully saturated rings. The number of halogens is 1. The summed E-state index contributed by atoms with van der Waals surface area (Å²) < 4.78 is 0. The summed E-state index contributed by atoms with van der Waals surface area (Å²) in [5, 5.41) is 5.28. The van der Waals surface area contributed by atoms with Gasteiger partial charge in [0, 0.05) is 18.5 Å². The van der Waals surface area contributed by atoms with E-state index < -0.39 is 6.04 Å². The molecule has 1 aliphatic heterocycles. The lowest BCUT2D eigenvalue weighted by atomic mass is 10.1. The second-order valence-electron chi connectivity index (χ2n) is 3.83. The topological polar surface area (TPSA) is 71.1 Å². The number of amides is 2. The molecule has 2 amide bonds. The van der Waals surface area contributed by atoms with Gasteiger partial charge in [-0.15, -0.1) is 11.6 Å². The predicted octanol–water partition coefficient (Wildman–Crippen LogP) is 1.04. The Morgan fingerprint density at radius 2 is 2.35 bits per heavy atom. The number of rotatable bonds is 3. The van der Waals surface area contributed by atoms with Gasteiger partial charge in [-0.3, -0.25) is 14.9 Å². The molecule has 17 heavy (non-hydrogen) atoms. The number of pyridine rings is 1. The number of aromatic nitrogens is 1. The molecule has 2 N–H and O–H groups in total. The summed E-state index contributed by atoms with van der Waals surface area (Å²) >= 11 is 5.71. The average molecular weight is 254 g/mol. The van der Waals surface area contributed by atoms with Crippen molar-refractivity contribution in [3.8, 4) is 0 Å². The monoisotopic (exact) mass is 253 g/mol. The molecule has 1 unspecified atom stereocenters. The van der Waals surface area contributed by atoms with E-state index >= 15 is 0 Å². The highest BCUT2D eigenvalue weighted by atomic mass is 35.5. The molecule has 0 bridgehead atoms. The molecule has 0 spiro atoms. The van der Waals surface area contributed by atoms with Gasteiger partial charge in [0.05, 0.1) is 0 Å². The third kappa shape index (κ3) is 2.94. The molecule has 90 valence electrons. The number of carbonyl (C=O) groups excluding carboxylic acids is 2. The van der Waals surface area contributed by atoms with Crippen LogP contribution in [0.4, 0.5) is 5.82 Å². The quantitative estimate of drug-likeness (QED) is 0.624. The van der Waals surface area contributed by atoms with Crippen molar-refractivity contribution < 1.29 is 9.59 Å². The van der Waals surface area contributed by atoms with E-state index in [0.29, 0.717) is 24.5 Å². The predicted molar refractivity (Wildman–Crippen MR) is 63.6 cm³/mol. The van der Waals surface area contributed by atoms with Crippen LogP contribution >= 0.6 is 11.6 Å². The molecule has 2 heterocycles. The maximum Gasteiger partial charge on any atom is 0.249 e. The van der Waals surface area contributed by atoms with Gasteiger partial charge in [0.1, 0.15) is 11.9 Å². The molecule has 0 radical (unpaired) electrons. The van der Waals surface area contributed by atoms with E-state index in [0.717, 1.165) is 5.56 Å². The van der Waals surface area contributed by atoms with Crippen LogP contribution in [-0.4, -0.2) is 22.8 Å². The summed E-state index contributed by atoms with van der Waals surface area (Å²) in [7, 11) is 0. The summed E-state index contributed by atoms with van der Waals surface area (Å²) in [5.74, 6) is 0.458. The van der Waals surface area contributed by atoms with Crippen molar-refractivity contribution in [3.05, 3.63) is 23.9 Å². The van der Waals surface area contributed by atoms with Crippen LogP contribution in [0.15, 0.2) is 18.3 Å². The molecule has 1 atom stereocenters. The van der Waals surface area contributed by atoms with Crippen LogP contribution in [0.25, 0.3) is 0 Å². The smallest absolute Gasteiger partial charge is 0.249 e. The van der Waals surface area contributed by atoms with Crippen LogP contribution in [0, 0.1) is 0 Å². The van der Waals surface area contributed by atoms with Gasteiger partial charge in [-0.2, -0.15) is 0 Å². The second-order valence-corrected chi connectivity index (χ2v) is 4.10. The lowest BCUT2D eigenvalue weighted by Gasteiger charge is -2.22. The first-order chi connectivity index (χ1) is 8.19. The zero-order chi connectivity index (χ0) is 12.3. The summed E-state index contributed by atoms with van der Waals surface area (Å²) in [6.07, 6.45) is 2.46. The Bertz CT molecular complexity index is 450. The van der Waals surface area contributed by atoms with Gasteiger partial charge in [0.25, 0.3) is 0 Å². The Labute approximate surface area is 104 Å². The molecule has 1 aliphatic rings. The number of hydrogen-bond acceptors (Lipinski definition) is 4. The Kier molecular flexibility index (Phi) is 3.58. The second kappa shape index (κ2) is 5.14. The number of carbonyl (C=O) groups is 2. The van der Waals surface area contributed by atoms with Crippen molar-refractivity contribution in [1.29, 1.82) is 0 Å². The maximum atomic E-state index is 11.5. The molecule has 1 aromatic heterocycles. The largest absolute Gasteiger partial charge is 0.358 e. The van der Waals surface area contributed by atoms with E-state index in [1.165, 1.54) is 0 Å². The molecule has 6 heteroatoms. The molecule has 2 rings (SSSR count). The molecule has 1 aromatic rings. The van der Waals surface area contributed by atoms with E-state index in [2.05, 4.69) is 15.6 Å². The van der Waals surface area contributed by atoms with Crippen molar-refractivity contribution in [3.63, 3.8) is 0 Å². The minimum atomic E-state index is -0.411. The first-order valence-electron chi connectivity index (χ1n) is 5.30. The van der Waals surface area contributed by atoms with Gasteiger partial charge in [-0.05, 0) is 24.1 Å². The fraction of sp³-hybridized carbons (Fsp3) is 0.364. The highest BCUT2D eigenvalue weighted by Crippen LogP contribution is 2.13. The minimum Gasteiger partial charge on any atom is -0.358 e. The Balaban J connectivity index is 2.05. The Morgan fingerprint density at radius 3 is 3.06 bits per heavy atom. The normalized spacial score (nSPS) is 19.9. The lowest BCUT2D eigenvalue weighted by molar-refractivity contribution is -0.133. The number of hydrogen-bond donors (Lipinski definition) is 2. The number of anilines is 1. The number of piperidine rings is 1. The van der Waals surface area contributed by atoms with Crippen LogP contribution < -0.4 is 10.6 Å². The SMILES string of the molecule is O=C1CCC(Nc2cc(CCl)ccn2)C(=O)N1. The van der Waals surface area contributed by atoms with Gasteiger partial charge in [0.15, 0.2) is 0 Å². The van der Waals surface area contributed by atoms with E-state index in [1.807, 2.05) is 6.07 Å². The van der Waals surface area contributed by atoms with Gasteiger partial charge in [0.2, 0.25) is 11.8 Å². The number of nitrogens with one attached hydrogen (secondary N) is 2. The summed E-state index contributed by atoms with van der Waals surface area (Å²) in [6, 6.07) is 3.19. The molecular weight excluding hydrogens is 242 g/mol. The van der Waals surface area contributed by atoms with Gasteiger partial charge in [-0.1, -0.05) is 0 Å². The van der Waals surface area contributed by atoms with Crippen molar-refractivity contribution >= 4 is 29.2 Å². The minimum absolute atomic E-state index is 0.226. The summed E-state index contributed by atoms with van der Waals surface area (Å²) in [6.45, 7) is 0. The fourth-order valence-corrected chi connectivity index (χ4v) is 1.81. The maximum absolute atomic E-state index is 11.5. The molecule has 0 aliphatic carbocycles. The number of alkyl halides is 1. The zero-order valence-corrected chi connectivity index (χ0v) is 9.83. The third-order valence-corrected chi connectivity index (χ3v) is 2.85. The molecule has 1 saturated heterocycles. The van der Waals surface area contributed by atoms with Crippen molar-refractivity contribution in [2.45, 2.75) is 24.8 Å². The standard InChI is InChI=1S/C11H12ClN3O2/c12-6-7-3-4-13-9(5-7)14-8-1-2-10(16)15-11(8)17/h3-5,8H,1-2,6H2,(H,13,14)(H,15,16,17). The van der Waals surface area contributed by atoms with Gasteiger partial charge < -0.3 is 5.32 Å². The van der Waals surface area contributed by atoms with Crippen LogP contribution in [0.3, 0.4) is 0 Å². The lowest BCUT2D eigenvalue weighted by Crippen LogP contribution is -2.47. The van der Waals surface area contributed by atoms with Gasteiger partial charge in [-0.25, -0.2) is 4.98 Å². The molecular formula is C11H12ClN3O2. The van der Waals surface area contributed by atoms with E-state index in [-0.39, 0.29) is 11.8 Å². The number of nitrogens with zero attached hydrogens (tertiary/aromatic N) is 1. The Hall–Kier alpha value is -1.62. The molecule has 0 saturated carbocycles. The van der Waals surface area contributed by atoms with Crippen LogP contribution in [-0.2, 0) is 15.5 Å². The average Bonchev–Trinajstić information content (AvgIpc) is 2.33. The highest BCUT2D eigenvalue weighted by molar-refractivity contribution is 6.17. The highest BCUT2D eigenvalue weighted by Gasteiger charge is 2.26. The molecule has 5 nitrogen and oxygen atoms in total. The van der Waals surface area contributed by atoms with Crippen LogP contribution in [0.5, 0.6) is 0 Å². The fourth-order valence-electron chi connectivity index (χ4n) is 1.65. The van der Waals surface area contributed by atoms with Crippen LogP contribution in [0.1, 0.15) is 18.4 Å². The van der Waals surface area contributed by atoms with Crippen molar-refractivity contribution in [2.24, 2.45) is 0 Å². The first-order valence-corrected chi connectivity index (χ1v) is 5.83. The zero-order valence-electron chi connectivity index (χ0n) is 9.07. The molecule has 0 aromatic carbocycles. The first kappa shape index (κ1) is 11.9. The van der Waals surface area contributed by atoms with Crippen molar-refractivity contribution in [2.75, 3.05) is 5.32 Å². The van der Waals surface area contributed by atoms with E-state index in [9.17, 15) is 9.59 Å². The summed E-state index contributed by atoms with van der Waals surface area (Å²) in [5.41, 5.74) is 0.927. The van der Waals surface area contributed by atoms with Crippen LogP contribution in [0.2, 0.25) is 0 Å². The van der Waals surface area contributed by atoms with E-state index in [1.54, 1.807) is 12.3 Å². The van der Waals surface area contributed by atoms with Gasteiger partial charge >= 0.3 is 0 Å². The van der Waals surface area contributed by atoms with E-state index in [4.69, 9.17) is 11.6 Å². The summed E-state index contributed by atoms with van der Waals surface area (Å²) in [4.78, 5) is 26.6. The van der Waals surface area contributed by atoms with Crippen molar-refractivity contribution in [1.82, 2.24) is 10.3 Å². The Morgan fingerprint density at radius 1 is 1.53 bits per heavy atom. The third-order valence-electron chi connectivity index (χ3n) is 2.54. The number of imide groups is 1.